The highest BCUT2D eigenvalue weighted by molar-refractivity contribution is 5.67. The molecule has 0 amide bonds. The number of nitrogens with one attached hydrogen (secondary N) is 2. The van der Waals surface area contributed by atoms with Crippen LogP contribution in [0.25, 0.3) is 11.3 Å². The van der Waals surface area contributed by atoms with Crippen LogP contribution >= 0.6 is 0 Å². The predicted molar refractivity (Wildman–Crippen MR) is 133 cm³/mol. The quantitative estimate of drug-likeness (QED) is 0.574. The van der Waals surface area contributed by atoms with E-state index in [1.165, 1.54) is 16.7 Å². The van der Waals surface area contributed by atoms with Crippen molar-refractivity contribution in [2.75, 3.05) is 37.3 Å². The van der Waals surface area contributed by atoms with E-state index in [-0.39, 0.29) is 6.04 Å². The second kappa shape index (κ2) is 9.20. The maximum absolute atomic E-state index is 5.72. The Kier molecular flexibility index (Phi) is 6.37. The summed E-state index contributed by atoms with van der Waals surface area (Å²) in [5.41, 5.74) is 13.5. The maximum Gasteiger partial charge on any atom is 0.160 e. The summed E-state index contributed by atoms with van der Waals surface area (Å²) in [5, 5.41) is 12.0. The van der Waals surface area contributed by atoms with Crippen LogP contribution in [0.2, 0.25) is 0 Å². The Hall–Kier alpha value is -3.06. The monoisotopic (exact) mass is 433 g/mol. The molecule has 7 heteroatoms. The van der Waals surface area contributed by atoms with Crippen molar-refractivity contribution in [2.45, 2.75) is 46.1 Å². The molecule has 2 aromatic heterocycles. The van der Waals surface area contributed by atoms with E-state index in [9.17, 15) is 0 Å². The standard InChI is InChI=1S/C25H35N7/c1-6-22-21-15-23-29-24(27-13-11-26)17(3)25(32(23)30-21)28-12-7-8-19-10-9-16(2)14-20(19)18(4)31(22)5/h9-10,14-15,22,28H,4,6-8,11-13,26H2,1-3,5H3,(H,27,29). The van der Waals surface area contributed by atoms with Gasteiger partial charge in [-0.3, -0.25) is 0 Å². The van der Waals surface area contributed by atoms with Gasteiger partial charge in [-0.2, -0.15) is 9.61 Å². The zero-order valence-corrected chi connectivity index (χ0v) is 19.7. The van der Waals surface area contributed by atoms with Crippen molar-refractivity contribution in [3.05, 3.63) is 58.8 Å². The van der Waals surface area contributed by atoms with E-state index >= 15 is 0 Å². The Morgan fingerprint density at radius 2 is 2.09 bits per heavy atom. The van der Waals surface area contributed by atoms with Gasteiger partial charge >= 0.3 is 0 Å². The van der Waals surface area contributed by atoms with Gasteiger partial charge in [0.05, 0.1) is 11.7 Å². The van der Waals surface area contributed by atoms with Crippen molar-refractivity contribution >= 4 is 23.0 Å². The van der Waals surface area contributed by atoms with Gasteiger partial charge in [0, 0.05) is 49.6 Å². The molecule has 1 unspecified atom stereocenters. The fourth-order valence-corrected chi connectivity index (χ4v) is 4.56. The molecule has 1 aliphatic rings. The molecule has 0 saturated carbocycles. The normalized spacial score (nSPS) is 16.8. The van der Waals surface area contributed by atoms with Gasteiger partial charge in [0.15, 0.2) is 5.65 Å². The lowest BCUT2D eigenvalue weighted by molar-refractivity contribution is 0.339. The second-order valence-electron chi connectivity index (χ2n) is 8.66. The molecule has 0 spiro atoms. The molecule has 4 N–H and O–H groups in total. The first kappa shape index (κ1) is 22.1. The van der Waals surface area contributed by atoms with E-state index in [4.69, 9.17) is 15.8 Å². The minimum Gasteiger partial charge on any atom is -0.370 e. The van der Waals surface area contributed by atoms with E-state index in [1.807, 2.05) is 4.52 Å². The van der Waals surface area contributed by atoms with Crippen LogP contribution < -0.4 is 16.4 Å². The predicted octanol–water partition coefficient (Wildman–Crippen LogP) is 4.13. The number of aromatic nitrogens is 3. The first-order valence-corrected chi connectivity index (χ1v) is 11.5. The van der Waals surface area contributed by atoms with Crippen LogP contribution in [0.3, 0.4) is 0 Å². The summed E-state index contributed by atoms with van der Waals surface area (Å²) in [5.74, 6) is 1.84. The van der Waals surface area contributed by atoms with Gasteiger partial charge in [-0.1, -0.05) is 31.2 Å². The highest BCUT2D eigenvalue weighted by Crippen LogP contribution is 2.33. The molecule has 4 rings (SSSR count). The van der Waals surface area contributed by atoms with Crippen LogP contribution in [0.1, 0.15) is 53.8 Å². The summed E-state index contributed by atoms with van der Waals surface area (Å²) in [6.07, 6.45) is 2.91. The Labute approximate surface area is 190 Å². The summed E-state index contributed by atoms with van der Waals surface area (Å²) in [6.45, 7) is 13.0. The number of fused-ring (bicyclic) bond motifs is 2. The average molecular weight is 434 g/mol. The van der Waals surface area contributed by atoms with Crippen molar-refractivity contribution in [1.29, 1.82) is 0 Å². The van der Waals surface area contributed by atoms with Gasteiger partial charge in [-0.05, 0) is 44.7 Å². The molecule has 1 atom stereocenters. The third kappa shape index (κ3) is 4.05. The second-order valence-corrected chi connectivity index (χ2v) is 8.66. The molecule has 3 aromatic rings. The van der Waals surface area contributed by atoms with Crippen LogP contribution in [0.15, 0.2) is 30.8 Å². The summed E-state index contributed by atoms with van der Waals surface area (Å²) in [4.78, 5) is 7.13. The van der Waals surface area contributed by atoms with Crippen molar-refractivity contribution < 1.29 is 0 Å². The molecule has 32 heavy (non-hydrogen) atoms. The maximum atomic E-state index is 5.72. The molecule has 0 fully saturated rings. The molecule has 1 aliphatic heterocycles. The topological polar surface area (TPSA) is 83.5 Å². The molecule has 2 bridgehead atoms. The molecule has 0 saturated heterocycles. The largest absolute Gasteiger partial charge is 0.370 e. The third-order valence-electron chi connectivity index (χ3n) is 6.41. The smallest absolute Gasteiger partial charge is 0.160 e. The minimum atomic E-state index is 0.104. The molecule has 0 aliphatic carbocycles. The van der Waals surface area contributed by atoms with Crippen molar-refractivity contribution in [1.82, 2.24) is 19.5 Å². The van der Waals surface area contributed by atoms with Crippen LogP contribution in [-0.2, 0) is 6.42 Å². The van der Waals surface area contributed by atoms with Crippen LogP contribution in [-0.4, -0.2) is 46.2 Å². The minimum absolute atomic E-state index is 0.104. The van der Waals surface area contributed by atoms with Gasteiger partial charge in [0.25, 0.3) is 0 Å². The van der Waals surface area contributed by atoms with Crippen LogP contribution in [0, 0.1) is 13.8 Å². The summed E-state index contributed by atoms with van der Waals surface area (Å²) in [7, 11) is 2.12. The SMILES string of the molecule is C=C1c2cc(C)ccc2CCCNc2c(C)c(NCCN)nc3cc(nn23)C(CC)N1C. The Bertz CT molecular complexity index is 1130. The van der Waals surface area contributed by atoms with Gasteiger partial charge in [0.1, 0.15) is 11.6 Å². The Morgan fingerprint density at radius 1 is 1.28 bits per heavy atom. The molecule has 0 radical (unpaired) electrons. The van der Waals surface area contributed by atoms with E-state index in [1.54, 1.807) is 0 Å². The van der Waals surface area contributed by atoms with Gasteiger partial charge < -0.3 is 21.3 Å². The van der Waals surface area contributed by atoms with E-state index < -0.39 is 0 Å². The first-order chi connectivity index (χ1) is 15.4. The number of nitrogens with two attached hydrogens (primary N) is 1. The molecule has 7 nitrogen and oxygen atoms in total. The summed E-state index contributed by atoms with van der Waals surface area (Å²) >= 11 is 0. The lowest BCUT2D eigenvalue weighted by Gasteiger charge is -2.31. The van der Waals surface area contributed by atoms with E-state index in [2.05, 4.69) is 74.2 Å². The fraction of sp³-hybridized carbons (Fsp3) is 0.440. The zero-order chi connectivity index (χ0) is 22.8. The molecule has 170 valence electrons. The van der Waals surface area contributed by atoms with E-state index in [0.29, 0.717) is 13.1 Å². The number of rotatable bonds is 4. The zero-order valence-electron chi connectivity index (χ0n) is 19.7. The lowest BCUT2D eigenvalue weighted by Crippen LogP contribution is -2.23. The number of nitrogens with zero attached hydrogens (tertiary/aromatic N) is 4. The van der Waals surface area contributed by atoms with Crippen molar-refractivity contribution in [3.8, 4) is 0 Å². The van der Waals surface area contributed by atoms with E-state index in [0.717, 1.165) is 60.0 Å². The Morgan fingerprint density at radius 3 is 2.84 bits per heavy atom. The van der Waals surface area contributed by atoms with Crippen LogP contribution in [0.4, 0.5) is 11.6 Å². The number of benzene rings is 1. The van der Waals surface area contributed by atoms with Crippen molar-refractivity contribution in [2.24, 2.45) is 5.73 Å². The molecule has 1 aromatic carbocycles. The Balaban J connectivity index is 1.84. The molecular weight excluding hydrogens is 398 g/mol. The third-order valence-corrected chi connectivity index (χ3v) is 6.41. The number of aryl methyl sites for hydroxylation is 2. The number of anilines is 2. The van der Waals surface area contributed by atoms with Crippen LogP contribution in [0.5, 0.6) is 0 Å². The molecular formula is C25H35N7. The van der Waals surface area contributed by atoms with Gasteiger partial charge in [-0.25, -0.2) is 4.98 Å². The number of hydrogen-bond donors (Lipinski definition) is 3. The number of hydrogen-bond acceptors (Lipinski definition) is 6. The fourth-order valence-electron chi connectivity index (χ4n) is 4.56. The first-order valence-electron chi connectivity index (χ1n) is 11.5. The highest BCUT2D eigenvalue weighted by Gasteiger charge is 2.24. The lowest BCUT2D eigenvalue weighted by atomic mass is 9.97. The van der Waals surface area contributed by atoms with Crippen molar-refractivity contribution in [3.63, 3.8) is 0 Å². The highest BCUT2D eigenvalue weighted by atomic mass is 15.3. The summed E-state index contributed by atoms with van der Waals surface area (Å²) in [6, 6.07) is 8.91. The summed E-state index contributed by atoms with van der Waals surface area (Å²) < 4.78 is 1.95. The average Bonchev–Trinajstić information content (AvgIpc) is 3.20. The molecule has 3 heterocycles. The van der Waals surface area contributed by atoms with Gasteiger partial charge in [-0.15, -0.1) is 0 Å². The van der Waals surface area contributed by atoms with Gasteiger partial charge in [0.2, 0.25) is 0 Å².